The Morgan fingerprint density at radius 3 is 2.53 bits per heavy atom. The topological polar surface area (TPSA) is 68.0 Å². The van der Waals surface area contributed by atoms with Gasteiger partial charge in [0.15, 0.2) is 5.16 Å². The van der Waals surface area contributed by atoms with Crippen molar-refractivity contribution in [3.05, 3.63) is 5.82 Å². The van der Waals surface area contributed by atoms with Crippen LogP contribution in [0, 0.1) is 0 Å². The summed E-state index contributed by atoms with van der Waals surface area (Å²) in [5.41, 5.74) is 0. The summed E-state index contributed by atoms with van der Waals surface area (Å²) in [7, 11) is 1.13. The minimum absolute atomic E-state index is 0.0790. The lowest BCUT2D eigenvalue weighted by molar-refractivity contribution is -0.147. The van der Waals surface area contributed by atoms with Crippen LogP contribution >= 0.6 is 11.8 Å². The summed E-state index contributed by atoms with van der Waals surface area (Å²) in [6, 6.07) is 0. The second kappa shape index (κ2) is 4.09. The van der Waals surface area contributed by atoms with Crippen molar-refractivity contribution in [3.63, 3.8) is 0 Å². The first kappa shape index (κ1) is 11.8. The lowest BCUT2D eigenvalue weighted by atomic mass is 10.6. The van der Waals surface area contributed by atoms with Crippen molar-refractivity contribution in [2.45, 2.75) is 11.3 Å². The third-order valence-corrected chi connectivity index (χ3v) is 2.42. The maximum Gasteiger partial charge on any atom is 0.451 e. The van der Waals surface area contributed by atoms with Gasteiger partial charge in [0.25, 0.3) is 0 Å². The molecule has 0 bridgehead atoms. The van der Waals surface area contributed by atoms with Gasteiger partial charge in [-0.25, -0.2) is 0 Å². The summed E-state index contributed by atoms with van der Waals surface area (Å²) < 4.78 is 37.4. The molecule has 0 aliphatic carbocycles. The molecule has 1 N–H and O–H groups in total. The molecule has 0 unspecified atom stereocenters. The summed E-state index contributed by atoms with van der Waals surface area (Å²) >= 11 is 0.682. The second-order valence-corrected chi connectivity index (χ2v) is 3.49. The summed E-state index contributed by atoms with van der Waals surface area (Å²) in [6.45, 7) is 0. The van der Waals surface area contributed by atoms with E-state index in [-0.39, 0.29) is 10.9 Å². The van der Waals surface area contributed by atoms with E-state index in [4.69, 9.17) is 5.11 Å². The van der Waals surface area contributed by atoms with Crippen LogP contribution in [0.2, 0.25) is 0 Å². The van der Waals surface area contributed by atoms with E-state index < -0.39 is 18.0 Å². The quantitative estimate of drug-likeness (QED) is 0.800. The number of aromatic nitrogens is 3. The largest absolute Gasteiger partial charge is 0.481 e. The van der Waals surface area contributed by atoms with Gasteiger partial charge < -0.3 is 9.67 Å². The smallest absolute Gasteiger partial charge is 0.451 e. The van der Waals surface area contributed by atoms with Gasteiger partial charge in [0, 0.05) is 7.05 Å². The van der Waals surface area contributed by atoms with Crippen molar-refractivity contribution < 1.29 is 23.1 Å². The Morgan fingerprint density at radius 1 is 1.53 bits per heavy atom. The van der Waals surface area contributed by atoms with E-state index in [1.165, 1.54) is 0 Å². The Hall–Kier alpha value is -1.25. The van der Waals surface area contributed by atoms with Crippen LogP contribution in [0.1, 0.15) is 5.82 Å². The molecule has 84 valence electrons. The van der Waals surface area contributed by atoms with Gasteiger partial charge in [0.2, 0.25) is 5.82 Å². The summed E-state index contributed by atoms with van der Waals surface area (Å²) in [5.74, 6) is -2.63. The molecule has 0 saturated heterocycles. The summed E-state index contributed by atoms with van der Waals surface area (Å²) in [6.07, 6.45) is -4.58. The fraction of sp³-hybridized carbons (Fsp3) is 0.500. The predicted octanol–water partition coefficient (Wildman–Crippen LogP) is 1.01. The van der Waals surface area contributed by atoms with E-state index in [0.29, 0.717) is 16.3 Å². The van der Waals surface area contributed by atoms with Crippen LogP contribution in [0.5, 0.6) is 0 Å². The molecule has 0 atom stereocenters. The molecule has 0 fully saturated rings. The lowest BCUT2D eigenvalue weighted by Gasteiger charge is -2.05. The summed E-state index contributed by atoms with van der Waals surface area (Å²) in [5, 5.41) is 14.4. The Balaban J connectivity index is 2.85. The Labute approximate surface area is 86.3 Å². The number of halogens is 3. The molecule has 15 heavy (non-hydrogen) atoms. The van der Waals surface area contributed by atoms with Crippen LogP contribution in [0.25, 0.3) is 0 Å². The van der Waals surface area contributed by atoms with E-state index >= 15 is 0 Å². The molecule has 1 aromatic rings. The first-order valence-corrected chi connectivity index (χ1v) is 4.62. The van der Waals surface area contributed by atoms with Crippen molar-refractivity contribution in [2.24, 2.45) is 7.05 Å². The number of carbonyl (C=O) groups is 1. The van der Waals surface area contributed by atoms with Gasteiger partial charge in [-0.3, -0.25) is 4.79 Å². The van der Waals surface area contributed by atoms with E-state index in [0.717, 1.165) is 7.05 Å². The van der Waals surface area contributed by atoms with Gasteiger partial charge in [0.1, 0.15) is 0 Å². The number of alkyl halides is 3. The molecule has 0 saturated carbocycles. The Kier molecular flexibility index (Phi) is 3.22. The zero-order valence-corrected chi connectivity index (χ0v) is 8.26. The molecular weight excluding hydrogens is 235 g/mol. The molecule has 0 aliphatic rings. The van der Waals surface area contributed by atoms with E-state index in [1.807, 2.05) is 0 Å². The molecule has 1 aromatic heterocycles. The third kappa shape index (κ3) is 2.85. The molecule has 1 heterocycles. The van der Waals surface area contributed by atoms with Gasteiger partial charge in [-0.05, 0) is 0 Å². The van der Waals surface area contributed by atoms with Crippen LogP contribution in [0.15, 0.2) is 5.16 Å². The molecule has 0 spiro atoms. The number of aliphatic carboxylic acids is 1. The maximum absolute atomic E-state index is 12.2. The first-order chi connectivity index (χ1) is 6.82. The average Bonchev–Trinajstić information content (AvgIpc) is 2.42. The zero-order valence-electron chi connectivity index (χ0n) is 7.45. The molecule has 0 radical (unpaired) electrons. The van der Waals surface area contributed by atoms with Gasteiger partial charge in [0.05, 0.1) is 5.75 Å². The summed E-state index contributed by atoms with van der Waals surface area (Å²) in [4.78, 5) is 10.2. The number of carboxylic acid groups (broad SMARTS) is 1. The fourth-order valence-corrected chi connectivity index (χ4v) is 1.44. The average molecular weight is 241 g/mol. The highest BCUT2D eigenvalue weighted by molar-refractivity contribution is 7.99. The monoisotopic (exact) mass is 241 g/mol. The molecule has 5 nitrogen and oxygen atoms in total. The number of thioether (sulfide) groups is 1. The van der Waals surface area contributed by atoms with Gasteiger partial charge in [-0.1, -0.05) is 11.8 Å². The van der Waals surface area contributed by atoms with Gasteiger partial charge in [-0.15, -0.1) is 10.2 Å². The van der Waals surface area contributed by atoms with E-state index in [1.54, 1.807) is 0 Å². The maximum atomic E-state index is 12.2. The number of nitrogens with zero attached hydrogens (tertiary/aromatic N) is 3. The SMILES string of the molecule is Cn1c(SCC(=O)O)nnc1C(F)(F)F. The van der Waals surface area contributed by atoms with Gasteiger partial charge >= 0.3 is 12.1 Å². The molecular formula is C6H6F3N3O2S. The number of carboxylic acids is 1. The highest BCUT2D eigenvalue weighted by Crippen LogP contribution is 2.29. The third-order valence-electron chi connectivity index (χ3n) is 1.41. The predicted molar refractivity (Wildman–Crippen MR) is 44.4 cm³/mol. The van der Waals surface area contributed by atoms with Crippen LogP contribution in [-0.2, 0) is 18.0 Å². The lowest BCUT2D eigenvalue weighted by Crippen LogP contribution is -2.13. The van der Waals surface area contributed by atoms with Gasteiger partial charge in [-0.2, -0.15) is 13.2 Å². The first-order valence-electron chi connectivity index (χ1n) is 3.63. The van der Waals surface area contributed by atoms with Crippen LogP contribution < -0.4 is 0 Å². The molecule has 0 aliphatic heterocycles. The van der Waals surface area contributed by atoms with E-state index in [9.17, 15) is 18.0 Å². The van der Waals surface area contributed by atoms with Crippen LogP contribution in [0.3, 0.4) is 0 Å². The van der Waals surface area contributed by atoms with Crippen LogP contribution in [-0.4, -0.2) is 31.6 Å². The van der Waals surface area contributed by atoms with E-state index in [2.05, 4.69) is 10.2 Å². The standard InChI is InChI=1S/C6H6F3N3O2S/c1-12-4(6(7,8)9)10-11-5(12)15-2-3(13)14/h2H2,1H3,(H,13,14). The highest BCUT2D eigenvalue weighted by Gasteiger charge is 2.37. The number of hydrogen-bond acceptors (Lipinski definition) is 4. The van der Waals surface area contributed by atoms with Crippen molar-refractivity contribution in [1.82, 2.24) is 14.8 Å². The minimum atomic E-state index is -4.58. The Morgan fingerprint density at radius 2 is 2.13 bits per heavy atom. The zero-order chi connectivity index (χ0) is 11.6. The second-order valence-electron chi connectivity index (χ2n) is 2.55. The normalized spacial score (nSPS) is 11.7. The molecule has 9 heteroatoms. The fourth-order valence-electron chi connectivity index (χ4n) is 0.814. The minimum Gasteiger partial charge on any atom is -0.481 e. The molecule has 1 rings (SSSR count). The molecule has 0 amide bonds. The van der Waals surface area contributed by atoms with Crippen molar-refractivity contribution in [3.8, 4) is 0 Å². The van der Waals surface area contributed by atoms with Crippen LogP contribution in [0.4, 0.5) is 13.2 Å². The Bertz CT molecular complexity index is 376. The number of rotatable bonds is 3. The highest BCUT2D eigenvalue weighted by atomic mass is 32.2. The molecule has 0 aromatic carbocycles. The number of hydrogen-bond donors (Lipinski definition) is 1. The van der Waals surface area contributed by atoms with Crippen molar-refractivity contribution in [1.29, 1.82) is 0 Å². The van der Waals surface area contributed by atoms with Crippen molar-refractivity contribution >= 4 is 17.7 Å². The van der Waals surface area contributed by atoms with Crippen molar-refractivity contribution in [2.75, 3.05) is 5.75 Å².